The topological polar surface area (TPSA) is 37.8 Å². The van der Waals surface area contributed by atoms with Gasteiger partial charge in [0.25, 0.3) is 0 Å². The van der Waals surface area contributed by atoms with Crippen molar-refractivity contribution in [3.63, 3.8) is 0 Å². The van der Waals surface area contributed by atoms with Crippen LogP contribution in [0.25, 0.3) is 0 Å². The molecule has 0 aliphatic carbocycles. The first kappa shape index (κ1) is 14.9. The Morgan fingerprint density at radius 1 is 1.15 bits per heavy atom. The van der Waals surface area contributed by atoms with Crippen LogP contribution in [-0.2, 0) is 0 Å². The Labute approximate surface area is 125 Å². The lowest BCUT2D eigenvalue weighted by Gasteiger charge is -2.15. The van der Waals surface area contributed by atoms with Crippen LogP contribution in [0.4, 0.5) is 5.82 Å². The molecule has 0 atom stereocenters. The molecule has 2 aromatic rings. The summed E-state index contributed by atoms with van der Waals surface area (Å²) in [4.78, 5) is 10.1. The molecule has 1 heterocycles. The predicted molar refractivity (Wildman–Crippen MR) is 85.7 cm³/mol. The van der Waals surface area contributed by atoms with Crippen LogP contribution >= 0.6 is 11.8 Å². The summed E-state index contributed by atoms with van der Waals surface area (Å²) in [5, 5.41) is 4.20. The average Bonchev–Trinajstić information content (AvgIpc) is 2.42. The van der Waals surface area contributed by atoms with E-state index in [1.807, 2.05) is 7.05 Å². The van der Waals surface area contributed by atoms with Gasteiger partial charge in [-0.25, -0.2) is 9.97 Å². The minimum atomic E-state index is 0.381. The van der Waals surface area contributed by atoms with Gasteiger partial charge in [-0.2, -0.15) is 0 Å². The molecule has 106 valence electrons. The lowest BCUT2D eigenvalue weighted by Crippen LogP contribution is -2.04. The third-order valence-electron chi connectivity index (χ3n) is 3.21. The van der Waals surface area contributed by atoms with E-state index in [9.17, 15) is 0 Å². The minimum absolute atomic E-state index is 0.381. The summed E-state index contributed by atoms with van der Waals surface area (Å²) in [7, 11) is 1.90. The molecule has 0 unspecified atom stereocenters. The third-order valence-corrected chi connectivity index (χ3v) is 4.39. The zero-order valence-electron chi connectivity index (χ0n) is 12.7. The van der Waals surface area contributed by atoms with E-state index in [4.69, 9.17) is 0 Å². The molecular weight excluding hydrogens is 266 g/mol. The van der Waals surface area contributed by atoms with Gasteiger partial charge in [0.05, 0.1) is 0 Å². The van der Waals surface area contributed by atoms with E-state index >= 15 is 0 Å². The molecule has 3 nitrogen and oxygen atoms in total. The van der Waals surface area contributed by atoms with Crippen LogP contribution in [0.2, 0.25) is 0 Å². The summed E-state index contributed by atoms with van der Waals surface area (Å²) in [6.45, 7) is 8.60. The lowest BCUT2D eigenvalue weighted by atomic mass is 10.1. The van der Waals surface area contributed by atoms with Crippen LogP contribution in [0.1, 0.15) is 36.5 Å². The molecule has 1 N–H and O–H groups in total. The van der Waals surface area contributed by atoms with Crippen molar-refractivity contribution in [1.29, 1.82) is 0 Å². The summed E-state index contributed by atoms with van der Waals surface area (Å²) in [5.74, 6) is 1.30. The van der Waals surface area contributed by atoms with Crippen molar-refractivity contribution in [2.24, 2.45) is 0 Å². The third kappa shape index (κ3) is 3.12. The van der Waals surface area contributed by atoms with E-state index in [1.165, 1.54) is 21.6 Å². The Morgan fingerprint density at radius 3 is 2.55 bits per heavy atom. The largest absolute Gasteiger partial charge is 0.373 e. The number of anilines is 1. The highest BCUT2D eigenvalue weighted by Crippen LogP contribution is 2.36. The fraction of sp³-hybridized carbons (Fsp3) is 0.375. The highest BCUT2D eigenvalue weighted by atomic mass is 32.2. The SMILES string of the molecule is CNc1ncnc(Sc2cc(C)ccc2C)c1C(C)C. The molecule has 20 heavy (non-hydrogen) atoms. The van der Waals surface area contributed by atoms with Gasteiger partial charge < -0.3 is 5.32 Å². The Hall–Kier alpha value is -1.55. The number of hydrogen-bond acceptors (Lipinski definition) is 4. The number of nitrogens with zero attached hydrogens (tertiary/aromatic N) is 2. The molecule has 0 saturated carbocycles. The second kappa shape index (κ2) is 6.27. The van der Waals surface area contributed by atoms with Crippen LogP contribution in [0.5, 0.6) is 0 Å². The van der Waals surface area contributed by atoms with Gasteiger partial charge >= 0.3 is 0 Å². The molecule has 4 heteroatoms. The minimum Gasteiger partial charge on any atom is -0.373 e. The van der Waals surface area contributed by atoms with E-state index in [2.05, 4.69) is 61.2 Å². The van der Waals surface area contributed by atoms with Gasteiger partial charge in [-0.3, -0.25) is 0 Å². The summed E-state index contributed by atoms with van der Waals surface area (Å²) in [6.07, 6.45) is 1.63. The monoisotopic (exact) mass is 287 g/mol. The van der Waals surface area contributed by atoms with Crippen molar-refractivity contribution in [2.45, 2.75) is 43.5 Å². The van der Waals surface area contributed by atoms with Crippen LogP contribution < -0.4 is 5.32 Å². The molecule has 0 saturated heterocycles. The average molecular weight is 287 g/mol. The summed E-state index contributed by atoms with van der Waals surface area (Å²) >= 11 is 1.72. The van der Waals surface area contributed by atoms with E-state index < -0.39 is 0 Å². The summed E-state index contributed by atoms with van der Waals surface area (Å²) in [5.41, 5.74) is 3.73. The van der Waals surface area contributed by atoms with Crippen LogP contribution in [0, 0.1) is 13.8 Å². The van der Waals surface area contributed by atoms with Crippen LogP contribution in [0.3, 0.4) is 0 Å². The molecule has 1 aromatic heterocycles. The zero-order valence-corrected chi connectivity index (χ0v) is 13.5. The van der Waals surface area contributed by atoms with Gasteiger partial charge in [0.2, 0.25) is 0 Å². The Morgan fingerprint density at radius 2 is 1.90 bits per heavy atom. The molecule has 0 amide bonds. The van der Waals surface area contributed by atoms with Crippen molar-refractivity contribution >= 4 is 17.6 Å². The van der Waals surface area contributed by atoms with Crippen molar-refractivity contribution in [2.75, 3.05) is 12.4 Å². The smallest absolute Gasteiger partial charge is 0.133 e. The molecule has 2 rings (SSSR count). The maximum atomic E-state index is 4.49. The standard InChI is InChI=1S/C16H21N3S/c1-10(2)14-15(17-5)18-9-19-16(14)20-13-8-11(3)6-7-12(13)4/h6-10H,1-5H3,(H,17,18,19). The first-order chi connectivity index (χ1) is 9.52. The molecule has 0 aliphatic rings. The van der Waals surface area contributed by atoms with Gasteiger partial charge in [0.15, 0.2) is 0 Å². The summed E-state index contributed by atoms with van der Waals surface area (Å²) < 4.78 is 0. The van der Waals surface area contributed by atoms with E-state index in [1.54, 1.807) is 18.1 Å². The van der Waals surface area contributed by atoms with E-state index in [-0.39, 0.29) is 0 Å². The molecule has 0 aliphatic heterocycles. The number of hydrogen-bond donors (Lipinski definition) is 1. The van der Waals surface area contributed by atoms with Gasteiger partial charge in [-0.1, -0.05) is 37.7 Å². The first-order valence-electron chi connectivity index (χ1n) is 6.80. The number of benzene rings is 1. The van der Waals surface area contributed by atoms with Gasteiger partial charge in [0, 0.05) is 17.5 Å². The highest BCUT2D eigenvalue weighted by molar-refractivity contribution is 7.99. The van der Waals surface area contributed by atoms with Gasteiger partial charge in [-0.15, -0.1) is 0 Å². The van der Waals surface area contributed by atoms with Gasteiger partial charge in [0.1, 0.15) is 17.2 Å². The van der Waals surface area contributed by atoms with Gasteiger partial charge in [-0.05, 0) is 37.0 Å². The second-order valence-corrected chi connectivity index (χ2v) is 6.25. The summed E-state index contributed by atoms with van der Waals surface area (Å²) in [6, 6.07) is 6.51. The normalized spacial score (nSPS) is 10.9. The maximum absolute atomic E-state index is 4.49. The fourth-order valence-electron chi connectivity index (χ4n) is 2.10. The molecule has 1 aromatic carbocycles. The maximum Gasteiger partial charge on any atom is 0.133 e. The second-order valence-electron chi connectivity index (χ2n) is 5.22. The molecular formula is C16H21N3S. The highest BCUT2D eigenvalue weighted by Gasteiger charge is 2.15. The van der Waals surface area contributed by atoms with Crippen molar-refractivity contribution < 1.29 is 0 Å². The predicted octanol–water partition coefficient (Wildman–Crippen LogP) is 4.41. The number of nitrogens with one attached hydrogen (secondary N) is 1. The van der Waals surface area contributed by atoms with Crippen LogP contribution in [0.15, 0.2) is 34.4 Å². The Bertz CT molecular complexity index is 609. The zero-order chi connectivity index (χ0) is 14.7. The lowest BCUT2D eigenvalue weighted by molar-refractivity contribution is 0.806. The van der Waals surface area contributed by atoms with E-state index in [0.29, 0.717) is 5.92 Å². The molecule has 0 fully saturated rings. The molecule has 0 bridgehead atoms. The number of aromatic nitrogens is 2. The van der Waals surface area contributed by atoms with Crippen LogP contribution in [-0.4, -0.2) is 17.0 Å². The van der Waals surface area contributed by atoms with Crippen molar-refractivity contribution in [1.82, 2.24) is 9.97 Å². The Balaban J connectivity index is 2.45. The van der Waals surface area contributed by atoms with E-state index in [0.717, 1.165) is 10.8 Å². The molecule has 0 spiro atoms. The first-order valence-corrected chi connectivity index (χ1v) is 7.62. The number of rotatable bonds is 4. The quantitative estimate of drug-likeness (QED) is 0.845. The fourth-order valence-corrected chi connectivity index (χ4v) is 3.33. The number of aryl methyl sites for hydroxylation is 2. The molecule has 0 radical (unpaired) electrons. The Kier molecular flexibility index (Phi) is 4.65. The van der Waals surface area contributed by atoms with Crippen molar-refractivity contribution in [3.8, 4) is 0 Å². The van der Waals surface area contributed by atoms with Crippen molar-refractivity contribution in [3.05, 3.63) is 41.2 Å².